The summed E-state index contributed by atoms with van der Waals surface area (Å²) in [6.45, 7) is 2.07. The molecule has 107 valence electrons. The molecule has 0 aliphatic heterocycles. The van der Waals surface area contributed by atoms with Gasteiger partial charge in [-0.25, -0.2) is 0 Å². The number of phenolic OH excluding ortho intramolecular Hbond substituents is 1. The number of benzene rings is 2. The van der Waals surface area contributed by atoms with Gasteiger partial charge in [0.25, 0.3) is 0 Å². The first-order chi connectivity index (χ1) is 9.65. The van der Waals surface area contributed by atoms with E-state index in [-0.39, 0.29) is 56.9 Å². The van der Waals surface area contributed by atoms with Crippen LogP contribution in [-0.4, -0.2) is 17.6 Å². The second kappa shape index (κ2) is 8.80. The van der Waals surface area contributed by atoms with Crippen LogP contribution >= 0.6 is 0 Å². The van der Waals surface area contributed by atoms with Crippen molar-refractivity contribution in [3.8, 4) is 11.5 Å². The Morgan fingerprint density at radius 2 is 2.05 bits per heavy atom. The molecule has 0 heterocycles. The SMILES string of the molecule is C[C@H](COc1ccc(O)cc1)C(=O)Nc1c[c-]ccc1.[Y]. The van der Waals surface area contributed by atoms with Crippen LogP contribution in [0, 0.1) is 12.0 Å². The Morgan fingerprint density at radius 3 is 2.67 bits per heavy atom. The average Bonchev–Trinajstić information content (AvgIpc) is 2.47. The van der Waals surface area contributed by atoms with Crippen molar-refractivity contribution in [3.05, 3.63) is 54.6 Å². The molecular formula is C16H16NO3Y-. The van der Waals surface area contributed by atoms with Crippen molar-refractivity contribution in [2.75, 3.05) is 11.9 Å². The van der Waals surface area contributed by atoms with Gasteiger partial charge in [0, 0.05) is 32.7 Å². The molecule has 0 aliphatic carbocycles. The first-order valence-corrected chi connectivity index (χ1v) is 6.34. The summed E-state index contributed by atoms with van der Waals surface area (Å²) in [4.78, 5) is 11.9. The van der Waals surface area contributed by atoms with E-state index >= 15 is 0 Å². The maximum atomic E-state index is 11.9. The van der Waals surface area contributed by atoms with Gasteiger partial charge in [0.1, 0.15) is 11.5 Å². The molecule has 0 fully saturated rings. The van der Waals surface area contributed by atoms with Gasteiger partial charge in [-0.1, -0.05) is 12.6 Å². The molecule has 2 rings (SSSR count). The van der Waals surface area contributed by atoms with Gasteiger partial charge in [-0.15, -0.1) is 6.07 Å². The van der Waals surface area contributed by atoms with Gasteiger partial charge in [0.15, 0.2) is 0 Å². The number of carbonyl (C=O) groups is 1. The van der Waals surface area contributed by atoms with Gasteiger partial charge >= 0.3 is 0 Å². The fraction of sp³-hybridized carbons (Fsp3) is 0.188. The molecule has 1 radical (unpaired) electrons. The van der Waals surface area contributed by atoms with Gasteiger partial charge in [-0.05, 0) is 24.3 Å². The van der Waals surface area contributed by atoms with Crippen LogP contribution in [0.3, 0.4) is 0 Å². The molecule has 5 heteroatoms. The van der Waals surface area contributed by atoms with E-state index in [0.29, 0.717) is 11.4 Å². The van der Waals surface area contributed by atoms with Gasteiger partial charge in [-0.3, -0.25) is 4.79 Å². The van der Waals surface area contributed by atoms with Crippen molar-refractivity contribution in [1.82, 2.24) is 0 Å². The van der Waals surface area contributed by atoms with Gasteiger partial charge in [-0.2, -0.15) is 24.3 Å². The van der Waals surface area contributed by atoms with Crippen molar-refractivity contribution >= 4 is 11.6 Å². The molecule has 0 aliphatic rings. The molecule has 0 aromatic heterocycles. The summed E-state index contributed by atoms with van der Waals surface area (Å²) >= 11 is 0. The summed E-state index contributed by atoms with van der Waals surface area (Å²) in [6, 6.07) is 16.4. The molecule has 1 amide bonds. The number of anilines is 1. The zero-order valence-electron chi connectivity index (χ0n) is 11.7. The summed E-state index contributed by atoms with van der Waals surface area (Å²) in [5.41, 5.74) is 0.717. The minimum atomic E-state index is -0.288. The normalized spacial score (nSPS) is 11.1. The molecule has 1 atom stereocenters. The van der Waals surface area contributed by atoms with Crippen LogP contribution in [0.1, 0.15) is 6.92 Å². The Balaban J connectivity index is 0.00000220. The van der Waals surface area contributed by atoms with Crippen molar-refractivity contribution < 1.29 is 47.3 Å². The first-order valence-electron chi connectivity index (χ1n) is 6.34. The van der Waals surface area contributed by atoms with Crippen LogP contribution in [0.15, 0.2) is 48.5 Å². The molecular weight excluding hydrogens is 343 g/mol. The Labute approximate surface area is 149 Å². The topological polar surface area (TPSA) is 58.6 Å². The second-order valence-electron chi connectivity index (χ2n) is 4.49. The Kier molecular flexibility index (Phi) is 7.40. The summed E-state index contributed by atoms with van der Waals surface area (Å²) in [5.74, 6) is 0.409. The largest absolute Gasteiger partial charge is 0.508 e. The van der Waals surface area contributed by atoms with Crippen molar-refractivity contribution in [3.63, 3.8) is 0 Å². The van der Waals surface area contributed by atoms with Gasteiger partial charge in [0.05, 0.1) is 12.5 Å². The molecule has 2 aromatic rings. The fourth-order valence-electron chi connectivity index (χ4n) is 1.58. The van der Waals surface area contributed by atoms with Crippen LogP contribution in [0.25, 0.3) is 0 Å². The minimum absolute atomic E-state index is 0. The molecule has 0 saturated heterocycles. The zero-order chi connectivity index (χ0) is 14.4. The predicted molar refractivity (Wildman–Crippen MR) is 76.7 cm³/mol. The molecule has 4 nitrogen and oxygen atoms in total. The monoisotopic (exact) mass is 359 g/mol. The Morgan fingerprint density at radius 1 is 1.33 bits per heavy atom. The predicted octanol–water partition coefficient (Wildman–Crippen LogP) is 2.84. The van der Waals surface area contributed by atoms with Crippen molar-refractivity contribution in [2.45, 2.75) is 6.92 Å². The number of amides is 1. The summed E-state index contributed by atoms with van der Waals surface area (Å²) in [6.07, 6.45) is 0. The maximum absolute atomic E-state index is 11.9. The molecule has 0 bridgehead atoms. The van der Waals surface area contributed by atoms with Crippen LogP contribution in [0.4, 0.5) is 5.69 Å². The van der Waals surface area contributed by atoms with Crippen LogP contribution < -0.4 is 10.1 Å². The fourth-order valence-corrected chi connectivity index (χ4v) is 1.58. The van der Waals surface area contributed by atoms with Gasteiger partial charge < -0.3 is 15.2 Å². The smallest absolute Gasteiger partial charge is 0.219 e. The van der Waals surface area contributed by atoms with E-state index in [1.54, 1.807) is 43.3 Å². The molecule has 2 aromatic carbocycles. The number of aromatic hydroxyl groups is 1. The molecule has 0 saturated carbocycles. The van der Waals surface area contributed by atoms with Crippen LogP contribution in [-0.2, 0) is 37.5 Å². The van der Waals surface area contributed by atoms with Crippen LogP contribution in [0.5, 0.6) is 11.5 Å². The molecule has 0 spiro atoms. The third-order valence-electron chi connectivity index (χ3n) is 2.76. The molecule has 21 heavy (non-hydrogen) atoms. The number of hydrogen-bond donors (Lipinski definition) is 2. The van der Waals surface area contributed by atoms with E-state index < -0.39 is 0 Å². The Bertz CT molecular complexity index is 557. The number of nitrogens with one attached hydrogen (secondary N) is 1. The van der Waals surface area contributed by atoms with Crippen molar-refractivity contribution in [2.24, 2.45) is 5.92 Å². The number of hydrogen-bond acceptors (Lipinski definition) is 3. The molecule has 2 N–H and O–H groups in total. The van der Waals surface area contributed by atoms with E-state index in [0.717, 1.165) is 0 Å². The number of phenols is 1. The molecule has 0 unspecified atom stereocenters. The minimum Gasteiger partial charge on any atom is -0.508 e. The van der Waals surface area contributed by atoms with E-state index in [1.165, 1.54) is 0 Å². The Hall–Kier alpha value is -1.39. The first kappa shape index (κ1) is 17.7. The standard InChI is InChI=1S/C16H16NO3.Y/c1-12(11-20-15-9-7-14(18)8-10-15)16(19)17-13-5-3-2-4-6-13;/h2-3,5-10,12,18H,11H2,1H3,(H,17,19);/q-1;/t12-;/m1./s1. The number of rotatable bonds is 5. The third-order valence-corrected chi connectivity index (χ3v) is 2.76. The summed E-state index contributed by atoms with van der Waals surface area (Å²) in [5, 5.41) is 12.0. The summed E-state index contributed by atoms with van der Waals surface area (Å²) < 4.78 is 5.50. The zero-order valence-corrected chi connectivity index (χ0v) is 14.6. The van der Waals surface area contributed by atoms with E-state index in [9.17, 15) is 4.79 Å². The quantitative estimate of drug-likeness (QED) is 0.808. The number of ether oxygens (including phenoxy) is 1. The second-order valence-corrected chi connectivity index (χ2v) is 4.49. The maximum Gasteiger partial charge on any atom is 0.219 e. The summed E-state index contributed by atoms with van der Waals surface area (Å²) in [7, 11) is 0. The van der Waals surface area contributed by atoms with Crippen molar-refractivity contribution in [1.29, 1.82) is 0 Å². The van der Waals surface area contributed by atoms with E-state index in [2.05, 4.69) is 11.4 Å². The van der Waals surface area contributed by atoms with Crippen LogP contribution in [0.2, 0.25) is 0 Å². The van der Waals surface area contributed by atoms with E-state index in [1.807, 2.05) is 12.1 Å². The average molecular weight is 359 g/mol. The third kappa shape index (κ3) is 5.86. The van der Waals surface area contributed by atoms with Gasteiger partial charge in [0.2, 0.25) is 5.91 Å². The van der Waals surface area contributed by atoms with E-state index in [4.69, 9.17) is 9.84 Å². The number of carbonyl (C=O) groups excluding carboxylic acids is 1.